The molecule has 8 heteroatoms. The van der Waals surface area contributed by atoms with E-state index >= 15 is 0 Å². The lowest BCUT2D eigenvalue weighted by molar-refractivity contribution is -0.385. The number of aromatic nitrogens is 2. The fourth-order valence-corrected chi connectivity index (χ4v) is 3.52. The lowest BCUT2D eigenvalue weighted by atomic mass is 10.1. The van der Waals surface area contributed by atoms with E-state index in [1.807, 2.05) is 41.7 Å². The molecule has 0 aliphatic carbocycles. The smallest absolute Gasteiger partial charge is 0.273 e. The van der Waals surface area contributed by atoms with Crippen LogP contribution in [0.25, 0.3) is 16.9 Å². The number of hydrogen-bond acceptors (Lipinski definition) is 5. The third-order valence-electron chi connectivity index (χ3n) is 5.23. The van der Waals surface area contributed by atoms with Gasteiger partial charge in [0.1, 0.15) is 11.4 Å². The summed E-state index contributed by atoms with van der Waals surface area (Å²) in [5.74, 6) is 0.361. The van der Waals surface area contributed by atoms with E-state index in [4.69, 9.17) is 9.72 Å². The van der Waals surface area contributed by atoms with Crippen molar-refractivity contribution in [2.24, 2.45) is 0 Å². The van der Waals surface area contributed by atoms with Crippen LogP contribution in [0.1, 0.15) is 21.6 Å². The van der Waals surface area contributed by atoms with Gasteiger partial charge < -0.3 is 14.5 Å². The van der Waals surface area contributed by atoms with Crippen molar-refractivity contribution in [3.8, 4) is 17.0 Å². The molecule has 0 aliphatic heterocycles. The number of amides is 1. The second-order valence-electron chi connectivity index (χ2n) is 7.08. The third-order valence-corrected chi connectivity index (χ3v) is 5.23. The molecule has 156 valence electrons. The lowest BCUT2D eigenvalue weighted by Gasteiger charge is -2.09. The van der Waals surface area contributed by atoms with E-state index in [9.17, 15) is 14.9 Å². The molecular weight excluding hydrogens is 396 g/mol. The summed E-state index contributed by atoms with van der Waals surface area (Å²) < 4.78 is 7.11. The van der Waals surface area contributed by atoms with Gasteiger partial charge in [-0.05, 0) is 56.3 Å². The van der Waals surface area contributed by atoms with Crippen LogP contribution in [0.5, 0.6) is 5.75 Å². The van der Waals surface area contributed by atoms with Gasteiger partial charge in [-0.15, -0.1) is 0 Å². The van der Waals surface area contributed by atoms with Gasteiger partial charge in [0.05, 0.1) is 23.4 Å². The number of fused-ring (bicyclic) bond motifs is 1. The number of imidazole rings is 1. The summed E-state index contributed by atoms with van der Waals surface area (Å²) in [6.45, 7) is 3.52. The zero-order valence-electron chi connectivity index (χ0n) is 17.2. The summed E-state index contributed by atoms with van der Waals surface area (Å²) in [4.78, 5) is 28.1. The molecule has 0 saturated heterocycles. The Morgan fingerprint density at radius 2 is 1.84 bits per heavy atom. The Morgan fingerprint density at radius 3 is 2.52 bits per heavy atom. The van der Waals surface area contributed by atoms with Gasteiger partial charge in [-0.3, -0.25) is 14.9 Å². The summed E-state index contributed by atoms with van der Waals surface area (Å²) in [5, 5.41) is 14.0. The van der Waals surface area contributed by atoms with Crippen LogP contribution in [0.3, 0.4) is 0 Å². The molecule has 1 N–H and O–H groups in total. The van der Waals surface area contributed by atoms with E-state index in [2.05, 4.69) is 5.32 Å². The van der Waals surface area contributed by atoms with E-state index in [1.54, 1.807) is 32.4 Å². The largest absolute Gasteiger partial charge is 0.497 e. The Balaban J connectivity index is 1.65. The standard InChI is InChI=1S/C23H20N4O4/c1-14-19(5-4-6-20(14)27(29)30)23(28)24-17-9-12-21-25-22(15(2)26(21)13-17)16-7-10-18(31-3)11-8-16/h4-13H,1-3H3,(H,24,28). The number of nitro groups is 1. The third kappa shape index (κ3) is 3.71. The van der Waals surface area contributed by atoms with E-state index < -0.39 is 10.8 Å². The molecule has 8 nitrogen and oxygen atoms in total. The number of nitro benzene ring substituents is 1. The summed E-state index contributed by atoms with van der Waals surface area (Å²) >= 11 is 0. The lowest BCUT2D eigenvalue weighted by Crippen LogP contribution is -2.14. The van der Waals surface area contributed by atoms with Crippen LogP contribution in [0.4, 0.5) is 11.4 Å². The summed E-state index contributed by atoms with van der Waals surface area (Å²) in [7, 11) is 1.62. The minimum atomic E-state index is -0.492. The number of hydrogen-bond donors (Lipinski definition) is 1. The van der Waals surface area contributed by atoms with Crippen molar-refractivity contribution < 1.29 is 14.5 Å². The van der Waals surface area contributed by atoms with Crippen molar-refractivity contribution in [2.45, 2.75) is 13.8 Å². The Hall–Kier alpha value is -4.20. The van der Waals surface area contributed by atoms with E-state index in [0.717, 1.165) is 28.3 Å². The number of carbonyl (C=O) groups is 1. The Morgan fingerprint density at radius 1 is 1.10 bits per heavy atom. The van der Waals surface area contributed by atoms with Gasteiger partial charge >= 0.3 is 0 Å². The molecule has 0 spiro atoms. The van der Waals surface area contributed by atoms with Crippen molar-refractivity contribution in [3.63, 3.8) is 0 Å². The van der Waals surface area contributed by atoms with Crippen molar-refractivity contribution in [1.29, 1.82) is 0 Å². The van der Waals surface area contributed by atoms with Crippen LogP contribution in [-0.2, 0) is 0 Å². The van der Waals surface area contributed by atoms with Crippen LogP contribution in [0.15, 0.2) is 60.8 Å². The van der Waals surface area contributed by atoms with Crippen molar-refractivity contribution in [2.75, 3.05) is 12.4 Å². The highest BCUT2D eigenvalue weighted by molar-refractivity contribution is 6.05. The molecule has 0 atom stereocenters. The first-order chi connectivity index (χ1) is 14.9. The summed E-state index contributed by atoms with van der Waals surface area (Å²) in [5.41, 5.74) is 4.52. The van der Waals surface area contributed by atoms with Gasteiger partial charge in [0.25, 0.3) is 11.6 Å². The van der Waals surface area contributed by atoms with Gasteiger partial charge in [-0.25, -0.2) is 4.98 Å². The average Bonchev–Trinajstić information content (AvgIpc) is 3.09. The minimum Gasteiger partial charge on any atom is -0.497 e. The molecule has 2 aromatic heterocycles. The van der Waals surface area contributed by atoms with E-state index in [1.165, 1.54) is 12.1 Å². The maximum absolute atomic E-state index is 12.7. The number of pyridine rings is 1. The van der Waals surface area contributed by atoms with Gasteiger partial charge in [-0.2, -0.15) is 0 Å². The predicted molar refractivity (Wildman–Crippen MR) is 118 cm³/mol. The topological polar surface area (TPSA) is 98.8 Å². The van der Waals surface area contributed by atoms with Gasteiger partial charge in [0, 0.05) is 34.6 Å². The maximum atomic E-state index is 12.7. The van der Waals surface area contributed by atoms with Crippen LogP contribution >= 0.6 is 0 Å². The Bertz CT molecular complexity index is 1310. The molecular formula is C23H20N4O4. The first-order valence-electron chi connectivity index (χ1n) is 9.57. The second kappa shape index (κ2) is 7.91. The number of carbonyl (C=O) groups excluding carboxylic acids is 1. The Labute approximate surface area is 178 Å². The number of anilines is 1. The average molecular weight is 416 g/mol. The zero-order valence-corrected chi connectivity index (χ0v) is 17.2. The molecule has 0 unspecified atom stereocenters. The van der Waals surface area contributed by atoms with E-state index in [0.29, 0.717) is 11.3 Å². The fourth-order valence-electron chi connectivity index (χ4n) is 3.52. The molecule has 0 bridgehead atoms. The highest BCUT2D eigenvalue weighted by Gasteiger charge is 2.18. The fraction of sp³-hybridized carbons (Fsp3) is 0.130. The first-order valence-corrected chi connectivity index (χ1v) is 9.57. The molecule has 4 aromatic rings. The summed E-state index contributed by atoms with van der Waals surface area (Å²) in [6.07, 6.45) is 1.79. The van der Waals surface area contributed by atoms with Crippen LogP contribution in [0.2, 0.25) is 0 Å². The van der Waals surface area contributed by atoms with Crippen molar-refractivity contribution >= 4 is 22.9 Å². The Kier molecular flexibility index (Phi) is 5.12. The molecule has 0 saturated carbocycles. The molecule has 0 fully saturated rings. The second-order valence-corrected chi connectivity index (χ2v) is 7.08. The first kappa shape index (κ1) is 20.1. The quantitative estimate of drug-likeness (QED) is 0.373. The molecule has 1 amide bonds. The molecule has 2 aromatic carbocycles. The minimum absolute atomic E-state index is 0.0855. The number of nitrogens with zero attached hydrogens (tertiary/aromatic N) is 3. The van der Waals surface area contributed by atoms with E-state index in [-0.39, 0.29) is 11.3 Å². The molecule has 31 heavy (non-hydrogen) atoms. The monoisotopic (exact) mass is 416 g/mol. The van der Waals surface area contributed by atoms with Gasteiger partial charge in [-0.1, -0.05) is 6.07 Å². The van der Waals surface area contributed by atoms with Crippen LogP contribution in [-0.4, -0.2) is 27.3 Å². The number of aryl methyl sites for hydroxylation is 1. The van der Waals surface area contributed by atoms with Crippen molar-refractivity contribution in [3.05, 3.63) is 87.7 Å². The zero-order chi connectivity index (χ0) is 22.1. The number of benzene rings is 2. The van der Waals surface area contributed by atoms with Crippen LogP contribution in [0, 0.1) is 24.0 Å². The summed E-state index contributed by atoms with van der Waals surface area (Å²) in [6, 6.07) is 15.7. The molecule has 4 rings (SSSR count). The highest BCUT2D eigenvalue weighted by Crippen LogP contribution is 2.27. The normalized spacial score (nSPS) is 10.8. The number of ether oxygens (including phenoxy) is 1. The van der Waals surface area contributed by atoms with Gasteiger partial charge in [0.15, 0.2) is 0 Å². The number of methoxy groups -OCH3 is 1. The maximum Gasteiger partial charge on any atom is 0.273 e. The van der Waals surface area contributed by atoms with Crippen molar-refractivity contribution in [1.82, 2.24) is 9.38 Å². The molecule has 0 aliphatic rings. The van der Waals surface area contributed by atoms with Crippen LogP contribution < -0.4 is 10.1 Å². The molecule has 0 radical (unpaired) electrons. The molecule has 2 heterocycles. The van der Waals surface area contributed by atoms with Gasteiger partial charge in [0.2, 0.25) is 0 Å². The number of nitrogens with one attached hydrogen (secondary N) is 1. The number of rotatable bonds is 5. The predicted octanol–water partition coefficient (Wildman–Crippen LogP) is 4.79. The SMILES string of the molecule is COc1ccc(-c2nc3ccc(NC(=O)c4cccc([N+](=O)[O-])c4C)cn3c2C)cc1. The highest BCUT2D eigenvalue weighted by atomic mass is 16.6.